The summed E-state index contributed by atoms with van der Waals surface area (Å²) in [7, 11) is 0. The number of β-amino-alcohol motifs (C(OH)–C–C–N with tert-alkyl or cyclic N) is 1. The number of likely N-dealkylation sites (tertiary alicyclic amines) is 1. The number of aliphatic hydroxyl groups is 1. The highest BCUT2D eigenvalue weighted by atomic mass is 32.1. The van der Waals surface area contributed by atoms with Crippen LogP contribution in [-0.4, -0.2) is 45.1 Å². The largest absolute Gasteiger partial charge is 0.391 e. The van der Waals surface area contributed by atoms with E-state index in [1.807, 2.05) is 0 Å². The van der Waals surface area contributed by atoms with Crippen LogP contribution in [0.2, 0.25) is 0 Å². The lowest BCUT2D eigenvalue weighted by Crippen LogP contribution is -2.42. The van der Waals surface area contributed by atoms with E-state index in [0.717, 1.165) is 12.8 Å². The number of aromatic nitrogens is 1. The van der Waals surface area contributed by atoms with Gasteiger partial charge >= 0.3 is 0 Å². The average molecular weight is 265 g/mol. The Morgan fingerprint density at radius 1 is 1.56 bits per heavy atom. The number of rotatable bonds is 2. The summed E-state index contributed by atoms with van der Waals surface area (Å²) in [6, 6.07) is 3.29. The lowest BCUT2D eigenvalue weighted by Gasteiger charge is -2.29. The molecule has 1 saturated heterocycles. The first-order valence-electron chi connectivity index (χ1n) is 5.81. The number of pyridine rings is 1. The van der Waals surface area contributed by atoms with Crippen molar-refractivity contribution in [1.82, 2.24) is 9.88 Å². The first-order chi connectivity index (χ1) is 8.58. The van der Waals surface area contributed by atoms with Gasteiger partial charge in [-0.2, -0.15) is 0 Å². The maximum Gasteiger partial charge on any atom is 0.272 e. The minimum Gasteiger partial charge on any atom is -0.391 e. The third kappa shape index (κ3) is 2.83. The summed E-state index contributed by atoms with van der Waals surface area (Å²) < 4.78 is 0. The van der Waals surface area contributed by atoms with E-state index in [2.05, 4.69) is 4.98 Å². The van der Waals surface area contributed by atoms with Crippen LogP contribution in [0.25, 0.3) is 0 Å². The van der Waals surface area contributed by atoms with Crippen molar-refractivity contribution in [3.63, 3.8) is 0 Å². The van der Waals surface area contributed by atoms with Crippen molar-refractivity contribution in [3.05, 3.63) is 29.6 Å². The number of nitrogens with zero attached hydrogens (tertiary/aromatic N) is 2. The number of amides is 1. The Hall–Kier alpha value is -1.53. The summed E-state index contributed by atoms with van der Waals surface area (Å²) in [6.07, 6.45) is 2.63. The van der Waals surface area contributed by atoms with Crippen molar-refractivity contribution >= 4 is 23.1 Å². The van der Waals surface area contributed by atoms with Gasteiger partial charge in [-0.05, 0) is 25.0 Å². The zero-order chi connectivity index (χ0) is 13.1. The van der Waals surface area contributed by atoms with E-state index in [1.165, 1.54) is 6.20 Å². The smallest absolute Gasteiger partial charge is 0.272 e. The van der Waals surface area contributed by atoms with Crippen molar-refractivity contribution in [2.45, 2.75) is 18.9 Å². The number of hydrogen-bond donors (Lipinski definition) is 2. The highest BCUT2D eigenvalue weighted by Gasteiger charge is 2.23. The maximum atomic E-state index is 12.1. The molecule has 1 aliphatic heterocycles. The van der Waals surface area contributed by atoms with Gasteiger partial charge in [0.1, 0.15) is 10.7 Å². The van der Waals surface area contributed by atoms with Crippen LogP contribution in [0.5, 0.6) is 0 Å². The minimum absolute atomic E-state index is 0.164. The van der Waals surface area contributed by atoms with E-state index in [0.29, 0.717) is 24.3 Å². The highest BCUT2D eigenvalue weighted by Crippen LogP contribution is 2.13. The van der Waals surface area contributed by atoms with Gasteiger partial charge in [-0.25, -0.2) is 0 Å². The molecule has 0 aliphatic carbocycles. The van der Waals surface area contributed by atoms with E-state index >= 15 is 0 Å². The molecule has 3 N–H and O–H groups in total. The summed E-state index contributed by atoms with van der Waals surface area (Å²) >= 11 is 4.82. The molecule has 5 nitrogen and oxygen atoms in total. The second-order valence-electron chi connectivity index (χ2n) is 4.34. The number of piperidine rings is 1. The Kier molecular flexibility index (Phi) is 3.88. The SMILES string of the molecule is NC(=S)c1ccc(C(=O)N2CCCC(O)C2)nc1. The van der Waals surface area contributed by atoms with Crippen molar-refractivity contribution in [2.75, 3.05) is 13.1 Å². The van der Waals surface area contributed by atoms with Crippen molar-refractivity contribution in [3.8, 4) is 0 Å². The molecule has 2 heterocycles. The van der Waals surface area contributed by atoms with Gasteiger partial charge in [-0.1, -0.05) is 12.2 Å². The number of carbonyl (C=O) groups excluding carboxylic acids is 1. The number of aliphatic hydroxyl groups excluding tert-OH is 1. The molecule has 0 aromatic carbocycles. The summed E-state index contributed by atoms with van der Waals surface area (Å²) in [5, 5.41) is 9.54. The van der Waals surface area contributed by atoms with Crippen LogP contribution in [0.1, 0.15) is 28.9 Å². The van der Waals surface area contributed by atoms with E-state index in [4.69, 9.17) is 18.0 Å². The van der Waals surface area contributed by atoms with Crippen LogP contribution in [-0.2, 0) is 0 Å². The third-order valence-corrected chi connectivity index (χ3v) is 3.19. The molecule has 1 amide bonds. The fourth-order valence-electron chi connectivity index (χ4n) is 1.97. The Morgan fingerprint density at radius 2 is 2.33 bits per heavy atom. The van der Waals surface area contributed by atoms with E-state index in [9.17, 15) is 9.90 Å². The minimum atomic E-state index is -0.432. The van der Waals surface area contributed by atoms with Crippen LogP contribution in [0.15, 0.2) is 18.3 Å². The molecule has 1 atom stereocenters. The number of hydrogen-bond acceptors (Lipinski definition) is 4. The average Bonchev–Trinajstić information content (AvgIpc) is 2.38. The highest BCUT2D eigenvalue weighted by molar-refractivity contribution is 7.80. The molecule has 1 aromatic rings. The Balaban J connectivity index is 2.10. The predicted molar refractivity (Wildman–Crippen MR) is 71.3 cm³/mol. The summed E-state index contributed by atoms with van der Waals surface area (Å²) in [4.78, 5) is 18.1. The molecule has 0 radical (unpaired) electrons. The molecular formula is C12H15N3O2S. The number of nitrogens with two attached hydrogens (primary N) is 1. The van der Waals surface area contributed by atoms with Gasteiger partial charge in [0.25, 0.3) is 5.91 Å². The topological polar surface area (TPSA) is 79.5 Å². The maximum absolute atomic E-state index is 12.1. The molecule has 6 heteroatoms. The monoisotopic (exact) mass is 265 g/mol. The normalized spacial score (nSPS) is 19.6. The van der Waals surface area contributed by atoms with Gasteiger partial charge in [-0.3, -0.25) is 9.78 Å². The molecule has 18 heavy (non-hydrogen) atoms. The van der Waals surface area contributed by atoms with E-state index < -0.39 is 6.10 Å². The van der Waals surface area contributed by atoms with Crippen LogP contribution in [0.4, 0.5) is 0 Å². The van der Waals surface area contributed by atoms with E-state index in [-0.39, 0.29) is 10.9 Å². The molecule has 1 unspecified atom stereocenters. The first kappa shape index (κ1) is 12.9. The van der Waals surface area contributed by atoms with Crippen LogP contribution in [0.3, 0.4) is 0 Å². The Bertz CT molecular complexity index is 461. The molecule has 0 saturated carbocycles. The second-order valence-corrected chi connectivity index (χ2v) is 4.78. The molecule has 1 aromatic heterocycles. The third-order valence-electron chi connectivity index (χ3n) is 2.95. The second kappa shape index (κ2) is 5.41. The van der Waals surface area contributed by atoms with Crippen molar-refractivity contribution < 1.29 is 9.90 Å². The Morgan fingerprint density at radius 3 is 2.89 bits per heavy atom. The van der Waals surface area contributed by atoms with Crippen molar-refractivity contribution in [2.24, 2.45) is 5.73 Å². The van der Waals surface area contributed by atoms with Gasteiger partial charge in [-0.15, -0.1) is 0 Å². The van der Waals surface area contributed by atoms with Gasteiger partial charge in [0, 0.05) is 24.8 Å². The van der Waals surface area contributed by atoms with Gasteiger partial charge in [0.2, 0.25) is 0 Å². The van der Waals surface area contributed by atoms with Crippen LogP contribution >= 0.6 is 12.2 Å². The zero-order valence-electron chi connectivity index (χ0n) is 9.87. The van der Waals surface area contributed by atoms with E-state index in [1.54, 1.807) is 17.0 Å². The first-order valence-corrected chi connectivity index (χ1v) is 6.22. The summed E-state index contributed by atoms with van der Waals surface area (Å²) in [5.41, 5.74) is 6.45. The number of carbonyl (C=O) groups is 1. The fourth-order valence-corrected chi connectivity index (χ4v) is 2.09. The molecule has 1 aliphatic rings. The molecule has 0 spiro atoms. The number of thiocarbonyl (C=S) groups is 1. The van der Waals surface area contributed by atoms with Crippen LogP contribution in [0, 0.1) is 0 Å². The molecular weight excluding hydrogens is 250 g/mol. The fraction of sp³-hybridized carbons (Fsp3) is 0.417. The van der Waals surface area contributed by atoms with Crippen LogP contribution < -0.4 is 5.73 Å². The lowest BCUT2D eigenvalue weighted by molar-refractivity contribution is 0.0469. The predicted octanol–water partition coefficient (Wildman–Crippen LogP) is 0.313. The van der Waals surface area contributed by atoms with Gasteiger partial charge < -0.3 is 15.7 Å². The zero-order valence-corrected chi connectivity index (χ0v) is 10.7. The standard InChI is InChI=1S/C12H15N3O2S/c13-11(18)8-3-4-10(14-6-8)12(17)15-5-1-2-9(16)7-15/h3-4,6,9,16H,1-2,5,7H2,(H2,13,18). The summed E-state index contributed by atoms with van der Waals surface area (Å²) in [5.74, 6) is -0.164. The molecule has 2 rings (SSSR count). The van der Waals surface area contributed by atoms with Gasteiger partial charge in [0.15, 0.2) is 0 Å². The molecule has 96 valence electrons. The summed E-state index contributed by atoms with van der Waals surface area (Å²) in [6.45, 7) is 1.03. The van der Waals surface area contributed by atoms with Gasteiger partial charge in [0.05, 0.1) is 6.10 Å². The van der Waals surface area contributed by atoms with Crippen molar-refractivity contribution in [1.29, 1.82) is 0 Å². The molecule has 1 fully saturated rings. The molecule has 0 bridgehead atoms. The quantitative estimate of drug-likeness (QED) is 0.753. The Labute approximate surface area is 111 Å². The lowest BCUT2D eigenvalue weighted by atomic mass is 10.1.